The van der Waals surface area contributed by atoms with E-state index in [2.05, 4.69) is 15.3 Å². The first-order valence-electron chi connectivity index (χ1n) is 8.29. The van der Waals surface area contributed by atoms with Gasteiger partial charge in [0.05, 0.1) is 12.2 Å². The Labute approximate surface area is 147 Å². The molecule has 3 rings (SSSR count). The van der Waals surface area contributed by atoms with Gasteiger partial charge in [-0.15, -0.1) is 0 Å². The second-order valence-electron chi connectivity index (χ2n) is 6.36. The predicted molar refractivity (Wildman–Crippen MR) is 95.7 cm³/mol. The third-order valence-corrected chi connectivity index (χ3v) is 5.82. The van der Waals surface area contributed by atoms with Gasteiger partial charge in [-0.1, -0.05) is 18.3 Å². The number of nitrogens with one attached hydrogen (secondary N) is 2. The molecule has 0 bridgehead atoms. The lowest BCUT2D eigenvalue weighted by Gasteiger charge is -2.24. The fourth-order valence-electron chi connectivity index (χ4n) is 3.32. The van der Waals surface area contributed by atoms with Crippen LogP contribution in [0.1, 0.15) is 32.9 Å². The maximum atomic E-state index is 12.6. The molecule has 5 atom stereocenters. The fourth-order valence-corrected chi connectivity index (χ4v) is 4.16. The van der Waals surface area contributed by atoms with Crippen molar-refractivity contribution < 1.29 is 9.84 Å². The van der Waals surface area contributed by atoms with Gasteiger partial charge in [0.2, 0.25) is 5.95 Å². The Morgan fingerprint density at radius 1 is 1.56 bits per heavy atom. The highest BCUT2D eigenvalue weighted by molar-refractivity contribution is 7.16. The molecule has 1 aliphatic heterocycles. The van der Waals surface area contributed by atoms with E-state index in [1.54, 1.807) is 0 Å². The molecule has 0 radical (unpaired) electrons. The topological polar surface area (TPSA) is 135 Å². The van der Waals surface area contributed by atoms with Gasteiger partial charge in [0.1, 0.15) is 10.9 Å². The number of anilines is 1. The van der Waals surface area contributed by atoms with Gasteiger partial charge in [0.25, 0.3) is 5.56 Å². The quantitative estimate of drug-likeness (QED) is 0.583. The summed E-state index contributed by atoms with van der Waals surface area (Å²) in [6.07, 6.45) is -0.453. The van der Waals surface area contributed by atoms with E-state index in [0.717, 1.165) is 11.3 Å². The molecule has 0 aromatic carbocycles. The predicted octanol–water partition coefficient (Wildman–Crippen LogP) is 0.0110. The molecule has 5 N–H and O–H groups in total. The zero-order chi connectivity index (χ0) is 18.3. The van der Waals surface area contributed by atoms with Crippen LogP contribution in [-0.2, 0) is 4.74 Å². The van der Waals surface area contributed by atoms with E-state index in [-0.39, 0.29) is 39.2 Å². The first kappa shape index (κ1) is 18.1. The fraction of sp³-hybridized carbons (Fsp3) is 0.667. The number of fused-ring (bicyclic) bond motifs is 1. The molecule has 0 saturated carbocycles. The van der Waals surface area contributed by atoms with Crippen LogP contribution in [0.25, 0.3) is 10.3 Å². The summed E-state index contributed by atoms with van der Waals surface area (Å²) in [5, 5.41) is 13.4. The molecule has 1 saturated heterocycles. The zero-order valence-corrected chi connectivity index (χ0v) is 15.2. The van der Waals surface area contributed by atoms with Crippen molar-refractivity contribution in [2.45, 2.75) is 51.2 Å². The normalized spacial score (nSPS) is 26.2. The highest BCUT2D eigenvalue weighted by Gasteiger charge is 2.43. The summed E-state index contributed by atoms with van der Waals surface area (Å²) in [5.74, 6) is -0.112. The minimum absolute atomic E-state index is 0.0419. The van der Waals surface area contributed by atoms with Crippen molar-refractivity contribution in [1.29, 1.82) is 0 Å². The second kappa shape index (κ2) is 6.87. The Hall–Kier alpha value is -1.75. The number of nitrogens with two attached hydrogens (primary N) is 1. The summed E-state index contributed by atoms with van der Waals surface area (Å²) in [5.41, 5.74) is 5.43. The molecule has 2 aromatic rings. The van der Waals surface area contributed by atoms with Crippen molar-refractivity contribution in [3.05, 3.63) is 20.0 Å². The van der Waals surface area contributed by atoms with E-state index in [0.29, 0.717) is 12.8 Å². The van der Waals surface area contributed by atoms with Gasteiger partial charge in [-0.2, -0.15) is 4.98 Å². The van der Waals surface area contributed by atoms with Gasteiger partial charge in [-0.3, -0.25) is 19.1 Å². The van der Waals surface area contributed by atoms with Crippen molar-refractivity contribution in [3.63, 3.8) is 0 Å². The molecule has 1 unspecified atom stereocenters. The summed E-state index contributed by atoms with van der Waals surface area (Å²) in [4.78, 5) is 30.9. The number of aromatic amines is 1. The van der Waals surface area contributed by atoms with E-state index in [1.807, 2.05) is 20.9 Å². The molecule has 138 valence electrons. The summed E-state index contributed by atoms with van der Waals surface area (Å²) >= 11 is 0.820. The highest BCUT2D eigenvalue weighted by Crippen LogP contribution is 2.39. The van der Waals surface area contributed by atoms with Crippen LogP contribution in [0.5, 0.6) is 0 Å². The lowest BCUT2D eigenvalue weighted by molar-refractivity contribution is -0.0669. The van der Waals surface area contributed by atoms with Crippen LogP contribution in [-0.4, -0.2) is 44.9 Å². The van der Waals surface area contributed by atoms with E-state index in [4.69, 9.17) is 10.5 Å². The van der Waals surface area contributed by atoms with Gasteiger partial charge >= 0.3 is 4.87 Å². The molecule has 1 fully saturated rings. The van der Waals surface area contributed by atoms with Gasteiger partial charge in [-0.05, 0) is 26.8 Å². The first-order chi connectivity index (χ1) is 11.9. The largest absolute Gasteiger partial charge is 0.390 e. The monoisotopic (exact) mass is 369 g/mol. The Balaban J connectivity index is 2.12. The summed E-state index contributed by atoms with van der Waals surface area (Å²) in [7, 11) is 1.83. The maximum Gasteiger partial charge on any atom is 0.311 e. The van der Waals surface area contributed by atoms with Crippen LogP contribution in [0.3, 0.4) is 0 Å². The van der Waals surface area contributed by atoms with Crippen LogP contribution in [0.15, 0.2) is 9.59 Å². The smallest absolute Gasteiger partial charge is 0.311 e. The van der Waals surface area contributed by atoms with Crippen molar-refractivity contribution in [2.75, 3.05) is 12.8 Å². The minimum atomic E-state index is -0.622. The van der Waals surface area contributed by atoms with Crippen molar-refractivity contribution in [1.82, 2.24) is 19.9 Å². The van der Waals surface area contributed by atoms with Crippen molar-refractivity contribution in [3.8, 4) is 0 Å². The van der Waals surface area contributed by atoms with E-state index in [1.165, 1.54) is 4.57 Å². The maximum absolute atomic E-state index is 12.6. The van der Waals surface area contributed by atoms with E-state index in [9.17, 15) is 14.7 Å². The average molecular weight is 369 g/mol. The standard InChI is InChI=1S/C15H23N5O4S/c1-4-8(21)9-5-7(6(2)17-3)13(24-9)20-11-10(25-15(20)23)12(22)19-14(16)18-11/h6-9,13,17,21H,4-5H2,1-3H3,(H3,16,18,19,22)/t6-,7+,8+,9?,13-/m1/s1. The molecule has 0 aliphatic carbocycles. The molecule has 10 heteroatoms. The number of aliphatic hydroxyl groups is 1. The SMILES string of the molecule is CC[C@H](O)C1C[C@@H]([C@@H](C)NC)[C@H](n2c(=O)sc3c(=O)[nH]c(N)nc32)O1. The van der Waals surface area contributed by atoms with Crippen LogP contribution in [0.4, 0.5) is 5.95 Å². The Bertz CT molecular complexity index is 875. The van der Waals surface area contributed by atoms with Crippen LogP contribution in [0, 0.1) is 5.92 Å². The number of hydrogen-bond donors (Lipinski definition) is 4. The Morgan fingerprint density at radius 2 is 2.28 bits per heavy atom. The number of hydrogen-bond acceptors (Lipinski definition) is 8. The number of nitrogen functional groups attached to an aromatic ring is 1. The number of H-pyrrole nitrogens is 1. The molecule has 0 spiro atoms. The molecule has 2 aromatic heterocycles. The van der Waals surface area contributed by atoms with Crippen LogP contribution < -0.4 is 21.5 Å². The molecular formula is C15H23N5O4S. The number of nitrogens with zero attached hydrogens (tertiary/aromatic N) is 2. The summed E-state index contributed by atoms with van der Waals surface area (Å²) < 4.78 is 7.67. The number of aliphatic hydroxyl groups excluding tert-OH is 1. The number of aromatic nitrogens is 3. The molecule has 0 amide bonds. The Kier molecular flexibility index (Phi) is 4.96. The molecule has 3 heterocycles. The molecule has 25 heavy (non-hydrogen) atoms. The van der Waals surface area contributed by atoms with E-state index >= 15 is 0 Å². The number of thiazole rings is 1. The summed E-state index contributed by atoms with van der Waals surface area (Å²) in [6.45, 7) is 3.88. The number of ether oxygens (including phenoxy) is 1. The average Bonchev–Trinajstić information content (AvgIpc) is 3.14. The van der Waals surface area contributed by atoms with E-state index < -0.39 is 17.9 Å². The zero-order valence-electron chi connectivity index (χ0n) is 14.4. The summed E-state index contributed by atoms with van der Waals surface area (Å²) in [6, 6.07) is 0.0419. The van der Waals surface area contributed by atoms with Crippen LogP contribution in [0.2, 0.25) is 0 Å². The van der Waals surface area contributed by atoms with Gasteiger partial charge in [-0.25, -0.2) is 0 Å². The molecule has 1 aliphatic rings. The van der Waals surface area contributed by atoms with Crippen LogP contribution >= 0.6 is 11.3 Å². The first-order valence-corrected chi connectivity index (χ1v) is 9.10. The minimum Gasteiger partial charge on any atom is -0.390 e. The number of rotatable bonds is 5. The van der Waals surface area contributed by atoms with Gasteiger partial charge in [0, 0.05) is 12.0 Å². The Morgan fingerprint density at radius 3 is 2.92 bits per heavy atom. The van der Waals surface area contributed by atoms with Gasteiger partial charge in [0.15, 0.2) is 5.65 Å². The van der Waals surface area contributed by atoms with Crippen molar-refractivity contribution >= 4 is 27.6 Å². The third kappa shape index (κ3) is 3.10. The lowest BCUT2D eigenvalue weighted by Crippen LogP contribution is -2.36. The van der Waals surface area contributed by atoms with Gasteiger partial charge < -0.3 is 20.9 Å². The lowest BCUT2D eigenvalue weighted by atomic mass is 9.93. The highest BCUT2D eigenvalue weighted by atomic mass is 32.1. The second-order valence-corrected chi connectivity index (χ2v) is 7.32. The molecular weight excluding hydrogens is 346 g/mol. The van der Waals surface area contributed by atoms with Crippen molar-refractivity contribution in [2.24, 2.45) is 5.92 Å². The third-order valence-electron chi connectivity index (χ3n) is 4.88. The molecule has 9 nitrogen and oxygen atoms in total.